The highest BCUT2D eigenvalue weighted by atomic mass is 16.5. The molecule has 0 atom stereocenters. The number of amides is 1. The van der Waals surface area contributed by atoms with Crippen LogP contribution in [0.2, 0.25) is 0 Å². The third-order valence-electron chi connectivity index (χ3n) is 3.06. The van der Waals surface area contributed by atoms with Gasteiger partial charge >= 0.3 is 0 Å². The number of hydrogen-bond acceptors (Lipinski definition) is 4. The van der Waals surface area contributed by atoms with Crippen molar-refractivity contribution in [1.82, 2.24) is 15.8 Å². The lowest BCUT2D eigenvalue weighted by Crippen LogP contribution is -2.48. The van der Waals surface area contributed by atoms with Gasteiger partial charge in [-0.25, -0.2) is 0 Å². The molecule has 1 aromatic heterocycles. The van der Waals surface area contributed by atoms with Crippen molar-refractivity contribution in [2.24, 2.45) is 5.92 Å². The van der Waals surface area contributed by atoms with Crippen LogP contribution in [-0.4, -0.2) is 30.7 Å². The molecule has 0 radical (unpaired) electrons. The van der Waals surface area contributed by atoms with E-state index in [1.807, 2.05) is 13.8 Å². The van der Waals surface area contributed by atoms with Gasteiger partial charge in [0.1, 0.15) is 5.56 Å². The van der Waals surface area contributed by atoms with Gasteiger partial charge in [0.2, 0.25) is 0 Å². The molecule has 1 aromatic rings. The highest BCUT2D eigenvalue weighted by molar-refractivity contribution is 5.96. The second-order valence-electron chi connectivity index (χ2n) is 4.90. The maximum absolute atomic E-state index is 12.1. The Morgan fingerprint density at radius 2 is 2.29 bits per heavy atom. The Bertz CT molecular complexity index is 408. The summed E-state index contributed by atoms with van der Waals surface area (Å²) < 4.78 is 5.20. The van der Waals surface area contributed by atoms with E-state index in [1.54, 1.807) is 6.92 Å². The fourth-order valence-electron chi connectivity index (χ4n) is 1.88. The van der Waals surface area contributed by atoms with Gasteiger partial charge in [0, 0.05) is 31.5 Å². The van der Waals surface area contributed by atoms with Crippen LogP contribution in [0.25, 0.3) is 0 Å². The lowest BCUT2D eigenvalue weighted by Gasteiger charge is -2.27. The van der Waals surface area contributed by atoms with Crippen molar-refractivity contribution in [3.8, 4) is 0 Å². The lowest BCUT2D eigenvalue weighted by molar-refractivity contribution is 0.0939. The van der Waals surface area contributed by atoms with Gasteiger partial charge in [0.25, 0.3) is 5.91 Å². The van der Waals surface area contributed by atoms with E-state index in [1.165, 1.54) is 0 Å². The predicted octanol–water partition coefficient (Wildman–Crippen LogP) is 1.06. The van der Waals surface area contributed by atoms with Crippen LogP contribution < -0.4 is 10.6 Å². The number of carbonyl (C=O) groups is 1. The summed E-state index contributed by atoms with van der Waals surface area (Å²) in [5, 5.41) is 9.99. The second-order valence-corrected chi connectivity index (χ2v) is 4.90. The summed E-state index contributed by atoms with van der Waals surface area (Å²) in [5.41, 5.74) is 1.27. The van der Waals surface area contributed by atoms with Gasteiger partial charge in [0.15, 0.2) is 5.76 Å². The molecule has 2 rings (SSSR count). The largest absolute Gasteiger partial charge is 0.360 e. The predicted molar refractivity (Wildman–Crippen MR) is 64.0 cm³/mol. The summed E-state index contributed by atoms with van der Waals surface area (Å²) in [6, 6.07) is 0. The van der Waals surface area contributed by atoms with Gasteiger partial charge in [-0.05, 0) is 6.92 Å². The molecular weight excluding hydrogens is 218 g/mol. The van der Waals surface area contributed by atoms with Crippen molar-refractivity contribution in [2.75, 3.05) is 19.6 Å². The smallest absolute Gasteiger partial charge is 0.256 e. The first kappa shape index (κ1) is 12.1. The van der Waals surface area contributed by atoms with Crippen molar-refractivity contribution < 1.29 is 9.32 Å². The molecule has 17 heavy (non-hydrogen) atoms. The third-order valence-corrected chi connectivity index (χ3v) is 3.06. The molecule has 1 saturated heterocycles. The van der Waals surface area contributed by atoms with E-state index < -0.39 is 0 Å². The molecule has 0 aromatic carbocycles. The minimum atomic E-state index is -0.0700. The van der Waals surface area contributed by atoms with E-state index in [4.69, 9.17) is 4.52 Å². The van der Waals surface area contributed by atoms with Crippen LogP contribution in [0.1, 0.15) is 41.6 Å². The molecule has 2 N–H and O–H groups in total. The Balaban J connectivity index is 2.04. The number of nitrogens with one attached hydrogen (secondary N) is 2. The zero-order chi connectivity index (χ0) is 12.4. The Kier molecular flexibility index (Phi) is 3.47. The number of rotatable bonds is 4. The molecule has 0 aliphatic carbocycles. The Morgan fingerprint density at radius 1 is 1.59 bits per heavy atom. The first-order valence-corrected chi connectivity index (χ1v) is 6.04. The SMILES string of the molecule is Cc1noc(C(C)C)c1C(=O)NCC1CNC1. The summed E-state index contributed by atoms with van der Waals surface area (Å²) in [5.74, 6) is 1.33. The molecule has 94 valence electrons. The minimum Gasteiger partial charge on any atom is -0.360 e. The molecule has 1 fully saturated rings. The van der Waals surface area contributed by atoms with Crippen molar-refractivity contribution in [2.45, 2.75) is 26.7 Å². The normalized spacial score (nSPS) is 16.0. The fraction of sp³-hybridized carbons (Fsp3) is 0.667. The highest BCUT2D eigenvalue weighted by Gasteiger charge is 2.24. The van der Waals surface area contributed by atoms with Crippen LogP contribution in [-0.2, 0) is 0 Å². The number of aryl methyl sites for hydroxylation is 1. The maximum atomic E-state index is 12.1. The van der Waals surface area contributed by atoms with Gasteiger partial charge in [0.05, 0.1) is 5.69 Å². The minimum absolute atomic E-state index is 0.0700. The lowest BCUT2D eigenvalue weighted by atomic mass is 10.0. The topological polar surface area (TPSA) is 67.2 Å². The second kappa shape index (κ2) is 4.87. The molecule has 0 unspecified atom stereocenters. The molecule has 0 spiro atoms. The van der Waals surface area contributed by atoms with Crippen LogP contribution in [0.5, 0.6) is 0 Å². The zero-order valence-corrected chi connectivity index (χ0v) is 10.5. The molecule has 1 aliphatic rings. The Labute approximate surface area is 101 Å². The maximum Gasteiger partial charge on any atom is 0.256 e. The van der Waals surface area contributed by atoms with Crippen LogP contribution in [0.15, 0.2) is 4.52 Å². The molecule has 1 amide bonds. The van der Waals surface area contributed by atoms with Crippen molar-refractivity contribution >= 4 is 5.91 Å². The fourth-order valence-corrected chi connectivity index (χ4v) is 1.88. The van der Waals surface area contributed by atoms with Gasteiger partial charge in [-0.3, -0.25) is 4.79 Å². The summed E-state index contributed by atoms with van der Waals surface area (Å²) in [4.78, 5) is 12.1. The van der Waals surface area contributed by atoms with Crippen molar-refractivity contribution in [3.63, 3.8) is 0 Å². The molecule has 5 nitrogen and oxygen atoms in total. The van der Waals surface area contributed by atoms with E-state index in [2.05, 4.69) is 15.8 Å². The third kappa shape index (κ3) is 2.49. The van der Waals surface area contributed by atoms with E-state index >= 15 is 0 Å². The van der Waals surface area contributed by atoms with E-state index in [0.717, 1.165) is 13.1 Å². The van der Waals surface area contributed by atoms with Gasteiger partial charge < -0.3 is 15.2 Å². The standard InChI is InChI=1S/C12H19N3O2/c1-7(2)11-10(8(3)15-17-11)12(16)14-6-9-4-13-5-9/h7,9,13H,4-6H2,1-3H3,(H,14,16). The molecule has 1 aliphatic heterocycles. The summed E-state index contributed by atoms with van der Waals surface area (Å²) >= 11 is 0. The van der Waals surface area contributed by atoms with E-state index in [0.29, 0.717) is 29.5 Å². The number of carbonyl (C=O) groups excluding carboxylic acids is 1. The monoisotopic (exact) mass is 237 g/mol. The Morgan fingerprint density at radius 3 is 2.82 bits per heavy atom. The van der Waals surface area contributed by atoms with Crippen LogP contribution in [0.3, 0.4) is 0 Å². The molecule has 0 saturated carbocycles. The van der Waals surface area contributed by atoms with Gasteiger partial charge in [-0.1, -0.05) is 19.0 Å². The van der Waals surface area contributed by atoms with Crippen LogP contribution in [0, 0.1) is 12.8 Å². The first-order chi connectivity index (χ1) is 8.09. The van der Waals surface area contributed by atoms with E-state index in [-0.39, 0.29) is 11.8 Å². The zero-order valence-electron chi connectivity index (χ0n) is 10.5. The van der Waals surface area contributed by atoms with E-state index in [9.17, 15) is 4.79 Å². The average Bonchev–Trinajstić information content (AvgIpc) is 2.57. The van der Waals surface area contributed by atoms with Crippen molar-refractivity contribution in [3.05, 3.63) is 17.0 Å². The highest BCUT2D eigenvalue weighted by Crippen LogP contribution is 2.22. The number of aromatic nitrogens is 1. The summed E-state index contributed by atoms with van der Waals surface area (Å²) in [6.07, 6.45) is 0. The first-order valence-electron chi connectivity index (χ1n) is 6.04. The summed E-state index contributed by atoms with van der Waals surface area (Å²) in [6.45, 7) is 8.47. The Hall–Kier alpha value is -1.36. The van der Waals surface area contributed by atoms with Gasteiger partial charge in [-0.15, -0.1) is 0 Å². The van der Waals surface area contributed by atoms with Crippen LogP contribution >= 0.6 is 0 Å². The number of hydrogen-bond donors (Lipinski definition) is 2. The average molecular weight is 237 g/mol. The molecule has 0 bridgehead atoms. The molecular formula is C12H19N3O2. The molecule has 5 heteroatoms. The van der Waals surface area contributed by atoms with Crippen LogP contribution in [0.4, 0.5) is 0 Å². The summed E-state index contributed by atoms with van der Waals surface area (Å²) in [7, 11) is 0. The molecule has 2 heterocycles. The number of nitrogens with zero attached hydrogens (tertiary/aromatic N) is 1. The van der Waals surface area contributed by atoms with Crippen molar-refractivity contribution in [1.29, 1.82) is 0 Å². The van der Waals surface area contributed by atoms with Gasteiger partial charge in [-0.2, -0.15) is 0 Å². The quantitative estimate of drug-likeness (QED) is 0.821.